The summed E-state index contributed by atoms with van der Waals surface area (Å²) in [6.45, 7) is 9.33. The number of rotatable bonds is 8. The molecule has 19 heavy (non-hydrogen) atoms. The zero-order valence-corrected chi connectivity index (χ0v) is 12.1. The van der Waals surface area contributed by atoms with Gasteiger partial charge in [-0.2, -0.15) is 0 Å². The van der Waals surface area contributed by atoms with Crippen LogP contribution in [0.2, 0.25) is 0 Å². The van der Waals surface area contributed by atoms with Crippen molar-refractivity contribution in [2.75, 3.05) is 13.1 Å². The smallest absolute Gasteiger partial charge is 0.268 e. The first-order valence-electron chi connectivity index (χ1n) is 6.95. The van der Waals surface area contributed by atoms with E-state index in [1.807, 2.05) is 0 Å². The Hall–Kier alpha value is -1.33. The summed E-state index contributed by atoms with van der Waals surface area (Å²) in [5.74, 6) is 6.28. The minimum atomic E-state index is -0.321. The van der Waals surface area contributed by atoms with Crippen molar-refractivity contribution < 1.29 is 9.21 Å². The van der Waals surface area contributed by atoms with Crippen LogP contribution < -0.4 is 11.3 Å². The summed E-state index contributed by atoms with van der Waals surface area (Å²) in [6.07, 6.45) is 3.82. The van der Waals surface area contributed by atoms with Gasteiger partial charge in [-0.3, -0.25) is 15.1 Å². The fraction of sp³-hybridized carbons (Fsp3) is 0.643. The molecule has 0 aliphatic heterocycles. The summed E-state index contributed by atoms with van der Waals surface area (Å²) in [5, 5.41) is 0. The molecule has 1 amide bonds. The third kappa shape index (κ3) is 4.69. The number of carbonyl (C=O) groups excluding carboxylic acids is 1. The second-order valence-corrected chi connectivity index (χ2v) is 4.79. The summed E-state index contributed by atoms with van der Waals surface area (Å²) in [4.78, 5) is 13.7. The van der Waals surface area contributed by atoms with Gasteiger partial charge < -0.3 is 4.42 Å². The molecular formula is C14H25N3O2. The van der Waals surface area contributed by atoms with Gasteiger partial charge in [-0.15, -0.1) is 0 Å². The predicted octanol–water partition coefficient (Wildman–Crippen LogP) is 2.14. The van der Waals surface area contributed by atoms with Gasteiger partial charge in [-0.25, -0.2) is 5.84 Å². The van der Waals surface area contributed by atoms with Crippen molar-refractivity contribution in [3.05, 3.63) is 23.7 Å². The first-order valence-corrected chi connectivity index (χ1v) is 6.95. The van der Waals surface area contributed by atoms with E-state index in [-0.39, 0.29) is 5.91 Å². The second-order valence-electron chi connectivity index (χ2n) is 4.79. The molecule has 0 aliphatic carbocycles. The molecule has 5 heteroatoms. The van der Waals surface area contributed by atoms with Crippen molar-refractivity contribution in [1.29, 1.82) is 0 Å². The quantitative estimate of drug-likeness (QED) is 0.430. The van der Waals surface area contributed by atoms with Gasteiger partial charge in [0.15, 0.2) is 0 Å². The van der Waals surface area contributed by atoms with Gasteiger partial charge in [-0.1, -0.05) is 33.6 Å². The molecule has 1 heterocycles. The Morgan fingerprint density at radius 1 is 1.42 bits per heavy atom. The third-order valence-corrected chi connectivity index (χ3v) is 3.54. The van der Waals surface area contributed by atoms with E-state index in [0.717, 1.165) is 25.4 Å². The van der Waals surface area contributed by atoms with Crippen LogP contribution in [0, 0.1) is 5.92 Å². The SMILES string of the molecule is CCC(CC)CN(CC)Cc1cc(C(=O)NN)co1. The molecule has 0 bridgehead atoms. The van der Waals surface area contributed by atoms with Crippen LogP contribution in [0.25, 0.3) is 0 Å². The van der Waals surface area contributed by atoms with Crippen LogP contribution >= 0.6 is 0 Å². The number of hydrogen-bond donors (Lipinski definition) is 2. The van der Waals surface area contributed by atoms with Gasteiger partial charge in [0, 0.05) is 6.54 Å². The Morgan fingerprint density at radius 2 is 2.11 bits per heavy atom. The van der Waals surface area contributed by atoms with E-state index in [9.17, 15) is 4.79 Å². The Morgan fingerprint density at radius 3 is 2.63 bits per heavy atom. The Balaban J connectivity index is 2.60. The molecule has 0 spiro atoms. The summed E-state index contributed by atoms with van der Waals surface area (Å²) in [5.41, 5.74) is 2.57. The van der Waals surface area contributed by atoms with Crippen molar-refractivity contribution in [2.24, 2.45) is 11.8 Å². The topological polar surface area (TPSA) is 71.5 Å². The largest absolute Gasteiger partial charge is 0.467 e. The number of nitrogens with zero attached hydrogens (tertiary/aromatic N) is 1. The number of hydrazine groups is 1. The van der Waals surface area contributed by atoms with Crippen LogP contribution in [0.15, 0.2) is 16.7 Å². The number of furan rings is 1. The molecular weight excluding hydrogens is 242 g/mol. The third-order valence-electron chi connectivity index (χ3n) is 3.54. The summed E-state index contributed by atoms with van der Waals surface area (Å²) in [7, 11) is 0. The van der Waals surface area contributed by atoms with E-state index < -0.39 is 0 Å². The van der Waals surface area contributed by atoms with Crippen LogP contribution in [0.5, 0.6) is 0 Å². The summed E-state index contributed by atoms with van der Waals surface area (Å²) in [6, 6.07) is 1.75. The second kappa shape index (κ2) is 7.96. The van der Waals surface area contributed by atoms with Crippen LogP contribution in [0.4, 0.5) is 0 Å². The lowest BCUT2D eigenvalue weighted by atomic mass is 10.0. The van der Waals surface area contributed by atoms with Crippen LogP contribution in [-0.2, 0) is 6.54 Å². The zero-order chi connectivity index (χ0) is 14.3. The van der Waals surface area contributed by atoms with E-state index in [4.69, 9.17) is 10.3 Å². The molecule has 0 saturated carbocycles. The predicted molar refractivity (Wildman–Crippen MR) is 75.4 cm³/mol. The number of nitrogen functional groups attached to an aromatic ring is 1. The lowest BCUT2D eigenvalue weighted by Crippen LogP contribution is -2.30. The molecule has 108 valence electrons. The maximum atomic E-state index is 11.3. The van der Waals surface area contributed by atoms with Crippen LogP contribution in [0.1, 0.15) is 49.7 Å². The van der Waals surface area contributed by atoms with Crippen molar-refractivity contribution >= 4 is 5.91 Å². The molecule has 0 aliphatic rings. The highest BCUT2D eigenvalue weighted by Crippen LogP contribution is 2.14. The molecule has 0 radical (unpaired) electrons. The number of carbonyl (C=O) groups is 1. The van der Waals surface area contributed by atoms with Gasteiger partial charge in [0.25, 0.3) is 5.91 Å². The molecule has 3 N–H and O–H groups in total. The van der Waals surface area contributed by atoms with Crippen molar-refractivity contribution in [2.45, 2.75) is 40.2 Å². The van der Waals surface area contributed by atoms with Crippen LogP contribution in [-0.4, -0.2) is 23.9 Å². The molecule has 0 unspecified atom stereocenters. The van der Waals surface area contributed by atoms with E-state index in [1.54, 1.807) is 6.07 Å². The molecule has 1 rings (SSSR count). The monoisotopic (exact) mass is 267 g/mol. The molecule has 0 fully saturated rings. The Kier molecular flexibility index (Phi) is 6.59. The Labute approximate surface area is 115 Å². The number of amides is 1. The molecule has 0 atom stereocenters. The summed E-state index contributed by atoms with van der Waals surface area (Å²) < 4.78 is 5.41. The van der Waals surface area contributed by atoms with Crippen molar-refractivity contribution in [1.82, 2.24) is 10.3 Å². The minimum Gasteiger partial charge on any atom is -0.467 e. The highest BCUT2D eigenvalue weighted by atomic mass is 16.3. The molecule has 0 saturated heterocycles. The standard InChI is InChI=1S/C14H25N3O2/c1-4-11(5-2)8-17(6-3)9-13-7-12(10-19-13)14(18)16-15/h7,10-11H,4-6,8-9,15H2,1-3H3,(H,16,18). The zero-order valence-electron chi connectivity index (χ0n) is 12.1. The number of nitrogens with two attached hydrogens (primary N) is 1. The van der Waals surface area contributed by atoms with Gasteiger partial charge in [0.05, 0.1) is 12.1 Å². The van der Waals surface area contributed by atoms with Gasteiger partial charge >= 0.3 is 0 Å². The van der Waals surface area contributed by atoms with E-state index in [2.05, 4.69) is 31.1 Å². The molecule has 1 aromatic heterocycles. The highest BCUT2D eigenvalue weighted by Gasteiger charge is 2.14. The van der Waals surface area contributed by atoms with E-state index in [1.165, 1.54) is 19.1 Å². The molecule has 5 nitrogen and oxygen atoms in total. The average Bonchev–Trinajstić information content (AvgIpc) is 2.90. The number of hydrogen-bond acceptors (Lipinski definition) is 4. The molecule has 1 aromatic rings. The van der Waals surface area contributed by atoms with Gasteiger partial charge in [-0.05, 0) is 18.5 Å². The van der Waals surface area contributed by atoms with E-state index in [0.29, 0.717) is 11.5 Å². The van der Waals surface area contributed by atoms with Crippen molar-refractivity contribution in [3.8, 4) is 0 Å². The maximum Gasteiger partial charge on any atom is 0.268 e. The fourth-order valence-corrected chi connectivity index (χ4v) is 2.10. The van der Waals surface area contributed by atoms with Crippen LogP contribution in [0.3, 0.4) is 0 Å². The maximum absolute atomic E-state index is 11.3. The first kappa shape index (κ1) is 15.7. The van der Waals surface area contributed by atoms with Crippen molar-refractivity contribution in [3.63, 3.8) is 0 Å². The lowest BCUT2D eigenvalue weighted by Gasteiger charge is -2.24. The highest BCUT2D eigenvalue weighted by molar-refractivity contribution is 5.93. The summed E-state index contributed by atoms with van der Waals surface area (Å²) >= 11 is 0. The number of nitrogens with one attached hydrogen (secondary N) is 1. The Bertz CT molecular complexity index is 386. The van der Waals surface area contributed by atoms with E-state index >= 15 is 0 Å². The fourth-order valence-electron chi connectivity index (χ4n) is 2.10. The normalized spacial score (nSPS) is 11.3. The molecule has 0 aromatic carbocycles. The lowest BCUT2D eigenvalue weighted by molar-refractivity contribution is 0.0953. The average molecular weight is 267 g/mol. The minimum absolute atomic E-state index is 0.321. The van der Waals surface area contributed by atoms with Gasteiger partial charge in [0.2, 0.25) is 0 Å². The van der Waals surface area contributed by atoms with Gasteiger partial charge in [0.1, 0.15) is 12.0 Å². The first-order chi connectivity index (χ1) is 9.14.